The van der Waals surface area contributed by atoms with Crippen LogP contribution in [0.25, 0.3) is 0 Å². The molecule has 0 bridgehead atoms. The topological polar surface area (TPSA) is 78.7 Å². The summed E-state index contributed by atoms with van der Waals surface area (Å²) < 4.78 is 4.83. The Morgan fingerprint density at radius 2 is 1.77 bits per heavy atom. The number of hydrogen-bond donors (Lipinski definition) is 1. The Morgan fingerprint density at radius 3 is 2.49 bits per heavy atom. The summed E-state index contributed by atoms with van der Waals surface area (Å²) in [6, 6.07) is 19.8. The average molecular weight is 473 g/mol. The normalized spacial score (nSPS) is 19.6. The molecule has 2 saturated heterocycles. The first-order valence-corrected chi connectivity index (χ1v) is 12.5. The van der Waals surface area contributed by atoms with Gasteiger partial charge < -0.3 is 14.7 Å². The van der Waals surface area contributed by atoms with Crippen molar-refractivity contribution in [3.63, 3.8) is 0 Å². The van der Waals surface area contributed by atoms with Crippen molar-refractivity contribution in [1.29, 1.82) is 0 Å². The highest BCUT2D eigenvalue weighted by Crippen LogP contribution is 2.29. The first kappa shape index (κ1) is 23.3. The summed E-state index contributed by atoms with van der Waals surface area (Å²) in [5, 5.41) is 6.87. The lowest BCUT2D eigenvalue weighted by Crippen LogP contribution is -2.43. The fourth-order valence-corrected chi connectivity index (χ4v) is 5.19. The van der Waals surface area contributed by atoms with Gasteiger partial charge in [-0.1, -0.05) is 54.0 Å². The number of carbonyl (C=O) groups is 2. The summed E-state index contributed by atoms with van der Waals surface area (Å²) in [5.41, 5.74) is 3.56. The Labute approximate surface area is 206 Å². The SMILES string of the molecule is O=C(NC(Cc1ccccc1)C1CC(=O)N(c2ccc(CN3CCCCC3)cc2)C1)c1ccon1. The summed E-state index contributed by atoms with van der Waals surface area (Å²) in [6.07, 6.45) is 6.31. The maximum atomic E-state index is 13.0. The van der Waals surface area contributed by atoms with E-state index in [2.05, 4.69) is 39.6 Å². The highest BCUT2D eigenvalue weighted by atomic mass is 16.5. The molecule has 2 fully saturated rings. The van der Waals surface area contributed by atoms with Crippen molar-refractivity contribution in [2.45, 2.75) is 44.7 Å². The number of benzene rings is 2. The molecule has 2 amide bonds. The molecule has 2 aromatic carbocycles. The van der Waals surface area contributed by atoms with Crippen LogP contribution in [0.15, 0.2) is 71.4 Å². The quantitative estimate of drug-likeness (QED) is 0.535. The van der Waals surface area contributed by atoms with Gasteiger partial charge in [-0.05, 0) is 55.6 Å². The number of nitrogens with one attached hydrogen (secondary N) is 1. The average Bonchev–Trinajstić information content (AvgIpc) is 3.56. The number of amides is 2. The van der Waals surface area contributed by atoms with Crippen LogP contribution in [0.3, 0.4) is 0 Å². The highest BCUT2D eigenvalue weighted by molar-refractivity contribution is 5.96. The fourth-order valence-electron chi connectivity index (χ4n) is 5.19. The third-order valence-corrected chi connectivity index (χ3v) is 7.11. The monoisotopic (exact) mass is 472 g/mol. The molecule has 2 atom stereocenters. The molecular weight excluding hydrogens is 440 g/mol. The predicted octanol–water partition coefficient (Wildman–Crippen LogP) is 4.05. The van der Waals surface area contributed by atoms with Gasteiger partial charge in [-0.2, -0.15) is 0 Å². The van der Waals surface area contributed by atoms with E-state index in [1.54, 1.807) is 6.07 Å². The minimum atomic E-state index is -0.285. The number of rotatable bonds is 8. The molecule has 1 N–H and O–H groups in total. The second-order valence-corrected chi connectivity index (χ2v) is 9.63. The van der Waals surface area contributed by atoms with Crippen molar-refractivity contribution in [1.82, 2.24) is 15.4 Å². The van der Waals surface area contributed by atoms with Crippen LogP contribution in [-0.4, -0.2) is 47.5 Å². The summed E-state index contributed by atoms with van der Waals surface area (Å²) >= 11 is 0. The molecule has 3 heterocycles. The predicted molar refractivity (Wildman–Crippen MR) is 134 cm³/mol. The maximum absolute atomic E-state index is 13.0. The molecule has 0 radical (unpaired) electrons. The van der Waals surface area contributed by atoms with Gasteiger partial charge in [-0.15, -0.1) is 0 Å². The summed E-state index contributed by atoms with van der Waals surface area (Å²) in [7, 11) is 0. The van der Waals surface area contributed by atoms with Crippen molar-refractivity contribution < 1.29 is 14.1 Å². The van der Waals surface area contributed by atoms with Gasteiger partial charge in [0.2, 0.25) is 5.91 Å². The summed E-state index contributed by atoms with van der Waals surface area (Å²) in [6.45, 7) is 3.86. The number of piperidine rings is 1. The standard InChI is InChI=1S/C28H32N4O3/c33-27-18-23(20-32(27)24-11-9-22(10-12-24)19-31-14-5-2-6-15-31)26(17-21-7-3-1-4-8-21)29-28(34)25-13-16-35-30-25/h1,3-4,7-13,16,23,26H,2,5-6,14-15,17-20H2,(H,29,34). The molecular formula is C28H32N4O3. The number of anilines is 1. The Morgan fingerprint density at radius 1 is 1.00 bits per heavy atom. The molecule has 1 aromatic heterocycles. The molecule has 2 unspecified atom stereocenters. The summed E-state index contributed by atoms with van der Waals surface area (Å²) in [4.78, 5) is 30.2. The number of nitrogens with zero attached hydrogens (tertiary/aromatic N) is 3. The van der Waals surface area contributed by atoms with Gasteiger partial charge in [0.05, 0.1) is 0 Å². The van der Waals surface area contributed by atoms with Crippen molar-refractivity contribution in [3.05, 3.63) is 83.7 Å². The van der Waals surface area contributed by atoms with Gasteiger partial charge in [0.25, 0.3) is 5.91 Å². The van der Waals surface area contributed by atoms with Crippen molar-refractivity contribution in [2.75, 3.05) is 24.5 Å². The van der Waals surface area contributed by atoms with Crippen LogP contribution in [0.4, 0.5) is 5.69 Å². The van der Waals surface area contributed by atoms with E-state index < -0.39 is 0 Å². The molecule has 0 spiro atoms. The molecule has 182 valence electrons. The lowest BCUT2D eigenvalue weighted by atomic mass is 9.92. The van der Waals surface area contributed by atoms with Gasteiger partial charge in [0.15, 0.2) is 5.69 Å². The molecule has 5 rings (SSSR count). The van der Waals surface area contributed by atoms with Crippen LogP contribution in [-0.2, 0) is 17.8 Å². The van der Waals surface area contributed by atoms with Crippen molar-refractivity contribution >= 4 is 17.5 Å². The molecule has 2 aliphatic rings. The Kier molecular flexibility index (Phi) is 7.23. The van der Waals surface area contributed by atoms with Gasteiger partial charge in [-0.25, -0.2) is 0 Å². The number of hydrogen-bond acceptors (Lipinski definition) is 5. The second-order valence-electron chi connectivity index (χ2n) is 9.63. The Bertz CT molecular complexity index is 1110. The van der Waals surface area contributed by atoms with Crippen molar-refractivity contribution in [2.24, 2.45) is 5.92 Å². The minimum Gasteiger partial charge on any atom is -0.364 e. The number of aromatic nitrogens is 1. The molecule has 0 aliphatic carbocycles. The van der Waals surface area contributed by atoms with Crippen LogP contribution in [0, 0.1) is 5.92 Å². The minimum absolute atomic E-state index is 0.00779. The molecule has 0 saturated carbocycles. The zero-order valence-electron chi connectivity index (χ0n) is 19.9. The molecule has 7 nitrogen and oxygen atoms in total. The zero-order valence-corrected chi connectivity index (χ0v) is 19.9. The lowest BCUT2D eigenvalue weighted by Gasteiger charge is -2.27. The first-order valence-electron chi connectivity index (χ1n) is 12.5. The van der Waals surface area contributed by atoms with Gasteiger partial charge in [0.1, 0.15) is 6.26 Å². The Balaban J connectivity index is 1.28. The molecule has 2 aliphatic heterocycles. The van der Waals surface area contributed by atoms with E-state index in [4.69, 9.17) is 4.52 Å². The third-order valence-electron chi connectivity index (χ3n) is 7.11. The fraction of sp³-hybridized carbons (Fsp3) is 0.393. The van der Waals surface area contributed by atoms with Crippen LogP contribution >= 0.6 is 0 Å². The maximum Gasteiger partial charge on any atom is 0.273 e. The Hall–Kier alpha value is -3.45. The van der Waals surface area contributed by atoms with E-state index in [0.717, 1.165) is 30.9 Å². The number of likely N-dealkylation sites (tertiary alicyclic amines) is 1. The van der Waals surface area contributed by atoms with Crippen LogP contribution in [0.5, 0.6) is 0 Å². The van der Waals surface area contributed by atoms with Gasteiger partial charge in [0, 0.05) is 43.2 Å². The number of carbonyl (C=O) groups excluding carboxylic acids is 2. The van der Waals surface area contributed by atoms with E-state index in [-0.39, 0.29) is 29.5 Å². The van der Waals surface area contributed by atoms with E-state index in [9.17, 15) is 9.59 Å². The van der Waals surface area contributed by atoms with E-state index in [0.29, 0.717) is 19.4 Å². The van der Waals surface area contributed by atoms with E-state index >= 15 is 0 Å². The van der Waals surface area contributed by atoms with Crippen LogP contribution in [0.2, 0.25) is 0 Å². The summed E-state index contributed by atoms with van der Waals surface area (Å²) in [5.74, 6) is -0.202. The zero-order chi connectivity index (χ0) is 24.0. The second kappa shape index (κ2) is 10.9. The van der Waals surface area contributed by atoms with Crippen LogP contribution in [0.1, 0.15) is 47.3 Å². The molecule has 7 heteroatoms. The van der Waals surface area contributed by atoms with Gasteiger partial charge in [-0.3, -0.25) is 14.5 Å². The third kappa shape index (κ3) is 5.80. The van der Waals surface area contributed by atoms with Gasteiger partial charge >= 0.3 is 0 Å². The molecule has 3 aromatic rings. The van der Waals surface area contributed by atoms with Crippen LogP contribution < -0.4 is 10.2 Å². The first-order chi connectivity index (χ1) is 17.2. The smallest absolute Gasteiger partial charge is 0.273 e. The van der Waals surface area contributed by atoms with Crippen molar-refractivity contribution in [3.8, 4) is 0 Å². The van der Waals surface area contributed by atoms with E-state index in [1.165, 1.54) is 31.1 Å². The van der Waals surface area contributed by atoms with E-state index in [1.807, 2.05) is 35.2 Å². The highest BCUT2D eigenvalue weighted by Gasteiger charge is 2.36. The lowest BCUT2D eigenvalue weighted by molar-refractivity contribution is -0.117. The largest absolute Gasteiger partial charge is 0.364 e. The molecule has 35 heavy (non-hydrogen) atoms.